The Kier molecular flexibility index (Phi) is 2.85. The highest BCUT2D eigenvalue weighted by Crippen LogP contribution is 2.27. The van der Waals surface area contributed by atoms with Crippen LogP contribution in [0.2, 0.25) is 0 Å². The van der Waals surface area contributed by atoms with Crippen molar-refractivity contribution in [1.82, 2.24) is 0 Å². The van der Waals surface area contributed by atoms with E-state index >= 15 is 0 Å². The van der Waals surface area contributed by atoms with Crippen molar-refractivity contribution in [2.24, 2.45) is 0 Å². The van der Waals surface area contributed by atoms with E-state index in [0.717, 1.165) is 8.47 Å². The number of hydrogen-bond donors (Lipinski definition) is 1. The van der Waals surface area contributed by atoms with Crippen LogP contribution in [-0.4, -0.2) is 11.4 Å². The van der Waals surface area contributed by atoms with Gasteiger partial charge < -0.3 is 5.11 Å². The molecule has 0 radical (unpaired) electrons. The molecule has 10 heavy (non-hydrogen) atoms. The van der Waals surface area contributed by atoms with E-state index in [1.165, 1.54) is 0 Å². The number of hydrogen-bond acceptors (Lipinski definition) is 2. The van der Waals surface area contributed by atoms with Gasteiger partial charge in [0.1, 0.15) is 5.75 Å². The van der Waals surface area contributed by atoms with Crippen LogP contribution in [-0.2, 0) is 0 Å². The molecule has 0 aliphatic heterocycles. The summed E-state index contributed by atoms with van der Waals surface area (Å²) in [6, 6.07) is 5.56. The van der Waals surface area contributed by atoms with E-state index in [-0.39, 0.29) is 0 Å². The second-order valence-electron chi connectivity index (χ2n) is 1.82. The Morgan fingerprint density at radius 2 is 2.20 bits per heavy atom. The van der Waals surface area contributed by atoms with Crippen LogP contribution in [0, 0.1) is 3.57 Å². The van der Waals surface area contributed by atoms with Crippen molar-refractivity contribution in [2.75, 3.05) is 6.26 Å². The van der Waals surface area contributed by atoms with Crippen LogP contribution < -0.4 is 0 Å². The summed E-state index contributed by atoms with van der Waals surface area (Å²) >= 11 is 3.78. The average Bonchev–Trinajstić information content (AvgIpc) is 1.94. The molecular weight excluding hydrogens is 259 g/mol. The second-order valence-corrected chi connectivity index (χ2v) is 3.91. The zero-order valence-electron chi connectivity index (χ0n) is 5.47. The summed E-state index contributed by atoms with van der Waals surface area (Å²) < 4.78 is 1.15. The third-order valence-electron chi connectivity index (χ3n) is 1.14. The van der Waals surface area contributed by atoms with Gasteiger partial charge in [0, 0.05) is 8.47 Å². The minimum Gasteiger partial charge on any atom is -0.507 e. The highest BCUT2D eigenvalue weighted by atomic mass is 127. The van der Waals surface area contributed by atoms with Gasteiger partial charge in [-0.2, -0.15) is 0 Å². The van der Waals surface area contributed by atoms with Crippen molar-refractivity contribution >= 4 is 34.4 Å². The van der Waals surface area contributed by atoms with Gasteiger partial charge >= 0.3 is 0 Å². The first-order valence-corrected chi connectivity index (χ1v) is 5.07. The van der Waals surface area contributed by atoms with E-state index in [9.17, 15) is 5.11 Å². The Morgan fingerprint density at radius 3 is 2.70 bits per heavy atom. The van der Waals surface area contributed by atoms with Crippen molar-refractivity contribution in [3.63, 3.8) is 0 Å². The number of rotatable bonds is 1. The fraction of sp³-hybridized carbons (Fsp3) is 0.143. The number of aromatic hydroxyl groups is 1. The van der Waals surface area contributed by atoms with Gasteiger partial charge in [-0.1, -0.05) is 0 Å². The SMILES string of the molecule is CSc1cc(I)ccc1O. The molecule has 0 amide bonds. The first-order chi connectivity index (χ1) is 4.74. The largest absolute Gasteiger partial charge is 0.507 e. The Morgan fingerprint density at radius 1 is 1.50 bits per heavy atom. The quantitative estimate of drug-likeness (QED) is 0.623. The average molecular weight is 266 g/mol. The van der Waals surface area contributed by atoms with Gasteiger partial charge in [0.25, 0.3) is 0 Å². The number of phenols is 1. The summed E-state index contributed by atoms with van der Waals surface area (Å²) in [5.41, 5.74) is 0. The van der Waals surface area contributed by atoms with Gasteiger partial charge in [-0.25, -0.2) is 0 Å². The molecule has 1 rings (SSSR count). The number of halogens is 1. The monoisotopic (exact) mass is 266 g/mol. The van der Waals surface area contributed by atoms with Gasteiger partial charge in [-0.3, -0.25) is 0 Å². The predicted molar refractivity (Wildman–Crippen MR) is 52.6 cm³/mol. The molecule has 1 aromatic carbocycles. The maximum atomic E-state index is 9.21. The highest BCUT2D eigenvalue weighted by Gasteiger charge is 1.97. The van der Waals surface area contributed by atoms with Crippen molar-refractivity contribution in [3.05, 3.63) is 21.8 Å². The van der Waals surface area contributed by atoms with E-state index < -0.39 is 0 Å². The molecule has 0 aliphatic rings. The highest BCUT2D eigenvalue weighted by molar-refractivity contribution is 14.1. The van der Waals surface area contributed by atoms with Gasteiger partial charge in [0.05, 0.1) is 0 Å². The molecule has 0 heterocycles. The van der Waals surface area contributed by atoms with Crippen LogP contribution in [0.5, 0.6) is 5.75 Å². The molecule has 0 atom stereocenters. The van der Waals surface area contributed by atoms with Crippen LogP contribution in [0.3, 0.4) is 0 Å². The molecule has 0 bridgehead atoms. The minimum absolute atomic E-state index is 0.368. The summed E-state index contributed by atoms with van der Waals surface area (Å²) in [6.45, 7) is 0. The fourth-order valence-electron chi connectivity index (χ4n) is 0.651. The Labute approximate surface area is 78.0 Å². The summed E-state index contributed by atoms with van der Waals surface area (Å²) in [5, 5.41) is 9.21. The second kappa shape index (κ2) is 3.48. The van der Waals surface area contributed by atoms with E-state index in [1.807, 2.05) is 18.4 Å². The van der Waals surface area contributed by atoms with Crippen molar-refractivity contribution in [1.29, 1.82) is 0 Å². The van der Waals surface area contributed by atoms with Crippen LogP contribution >= 0.6 is 34.4 Å². The topological polar surface area (TPSA) is 20.2 Å². The molecule has 0 unspecified atom stereocenters. The number of thioether (sulfide) groups is 1. The lowest BCUT2D eigenvalue weighted by Crippen LogP contribution is -1.74. The lowest BCUT2D eigenvalue weighted by atomic mass is 10.3. The summed E-state index contributed by atoms with van der Waals surface area (Å²) in [4.78, 5) is 0.937. The van der Waals surface area contributed by atoms with Gasteiger partial charge in [0.15, 0.2) is 0 Å². The molecule has 0 aliphatic carbocycles. The zero-order valence-corrected chi connectivity index (χ0v) is 8.44. The summed E-state index contributed by atoms with van der Waals surface area (Å²) in [5.74, 6) is 0.368. The van der Waals surface area contributed by atoms with Gasteiger partial charge in [0.2, 0.25) is 0 Å². The molecule has 1 aromatic rings. The Hall–Kier alpha value is 0.1000. The molecule has 0 saturated heterocycles. The van der Waals surface area contributed by atoms with Gasteiger partial charge in [-0.15, -0.1) is 11.8 Å². The molecule has 3 heteroatoms. The molecular formula is C7H7IOS. The third-order valence-corrected chi connectivity index (χ3v) is 2.58. The number of phenolic OH excluding ortho intramolecular Hbond substituents is 1. The minimum atomic E-state index is 0.368. The fourth-order valence-corrected chi connectivity index (χ4v) is 1.88. The van der Waals surface area contributed by atoms with Crippen LogP contribution in [0.25, 0.3) is 0 Å². The van der Waals surface area contributed by atoms with E-state index in [4.69, 9.17) is 0 Å². The lowest BCUT2D eigenvalue weighted by molar-refractivity contribution is 0.462. The van der Waals surface area contributed by atoms with Crippen molar-refractivity contribution < 1.29 is 5.11 Å². The molecule has 1 N–H and O–H groups in total. The molecule has 0 saturated carbocycles. The molecule has 1 nitrogen and oxygen atoms in total. The summed E-state index contributed by atoms with van der Waals surface area (Å²) in [6.07, 6.45) is 1.95. The predicted octanol–water partition coefficient (Wildman–Crippen LogP) is 2.72. The molecule has 0 aromatic heterocycles. The normalized spacial score (nSPS) is 9.80. The first kappa shape index (κ1) is 8.20. The first-order valence-electron chi connectivity index (χ1n) is 2.76. The molecule has 54 valence electrons. The smallest absolute Gasteiger partial charge is 0.129 e. The molecule has 0 spiro atoms. The van der Waals surface area contributed by atoms with Crippen LogP contribution in [0.15, 0.2) is 23.1 Å². The Bertz CT molecular complexity index is 237. The Balaban J connectivity index is 3.09. The maximum absolute atomic E-state index is 9.21. The molecule has 0 fully saturated rings. The van der Waals surface area contributed by atoms with Crippen molar-refractivity contribution in [3.8, 4) is 5.75 Å². The van der Waals surface area contributed by atoms with E-state index in [0.29, 0.717) is 5.75 Å². The van der Waals surface area contributed by atoms with Gasteiger partial charge in [-0.05, 0) is 47.0 Å². The zero-order chi connectivity index (χ0) is 7.56. The van der Waals surface area contributed by atoms with Crippen LogP contribution in [0.1, 0.15) is 0 Å². The van der Waals surface area contributed by atoms with E-state index in [2.05, 4.69) is 22.6 Å². The summed E-state index contributed by atoms with van der Waals surface area (Å²) in [7, 11) is 0. The lowest BCUT2D eigenvalue weighted by Gasteiger charge is -1.99. The van der Waals surface area contributed by atoms with Crippen molar-refractivity contribution in [2.45, 2.75) is 4.90 Å². The third kappa shape index (κ3) is 1.79. The van der Waals surface area contributed by atoms with Crippen LogP contribution in [0.4, 0.5) is 0 Å². The standard InChI is InChI=1S/C7H7IOS/c1-10-7-4-5(8)2-3-6(7)9/h2-4,9H,1H3. The number of benzene rings is 1. The van der Waals surface area contributed by atoms with E-state index in [1.54, 1.807) is 17.8 Å². The maximum Gasteiger partial charge on any atom is 0.129 e.